The molecule has 2 rings (SSSR count). The summed E-state index contributed by atoms with van der Waals surface area (Å²) < 4.78 is 10.8. The van der Waals surface area contributed by atoms with E-state index in [1.54, 1.807) is 27.8 Å². The number of β-amino-alcohol motifs (C(OH)–C–C–N with tert-alkyl or cyclic N) is 1. The van der Waals surface area contributed by atoms with Crippen LogP contribution in [0, 0.1) is 6.92 Å². The average molecular weight is 338 g/mol. The number of furan rings is 1. The number of hydrogen-bond acceptors (Lipinski definition) is 5. The van der Waals surface area contributed by atoms with Crippen molar-refractivity contribution in [2.24, 2.45) is 0 Å². The smallest absolute Gasteiger partial charge is 0.411 e. The van der Waals surface area contributed by atoms with Crippen molar-refractivity contribution in [3.05, 3.63) is 23.7 Å². The minimum atomic E-state index is -0.731. The number of aryl methyl sites for hydroxylation is 1. The minimum Gasteiger partial charge on any atom is -0.464 e. The van der Waals surface area contributed by atoms with Crippen LogP contribution in [0.3, 0.4) is 0 Å². The summed E-state index contributed by atoms with van der Waals surface area (Å²) in [6, 6.07) is 2.92. The molecule has 7 nitrogen and oxygen atoms in total. The Hall–Kier alpha value is -2.02. The van der Waals surface area contributed by atoms with E-state index in [2.05, 4.69) is 0 Å². The lowest BCUT2D eigenvalue weighted by molar-refractivity contribution is -0.135. The molecular formula is C17H26N2O5. The van der Waals surface area contributed by atoms with Gasteiger partial charge in [-0.1, -0.05) is 0 Å². The van der Waals surface area contributed by atoms with Crippen LogP contribution in [0.2, 0.25) is 0 Å². The first-order valence-corrected chi connectivity index (χ1v) is 8.05. The summed E-state index contributed by atoms with van der Waals surface area (Å²) in [5.74, 6) is 1.20. The Kier molecular flexibility index (Phi) is 5.22. The zero-order valence-corrected chi connectivity index (χ0v) is 14.9. The quantitative estimate of drug-likeness (QED) is 0.910. The summed E-state index contributed by atoms with van der Waals surface area (Å²) in [6.45, 7) is 7.53. The maximum Gasteiger partial charge on any atom is 0.411 e. The van der Waals surface area contributed by atoms with Gasteiger partial charge in [-0.3, -0.25) is 9.69 Å². The molecule has 2 amide bonds. The van der Waals surface area contributed by atoms with Gasteiger partial charge in [0.1, 0.15) is 23.2 Å². The molecule has 0 saturated carbocycles. The maximum atomic E-state index is 12.7. The number of carbonyl (C=O) groups excluding carboxylic acids is 2. The van der Waals surface area contributed by atoms with Crippen LogP contribution in [-0.2, 0) is 16.1 Å². The van der Waals surface area contributed by atoms with Gasteiger partial charge in [0.05, 0.1) is 19.2 Å². The van der Waals surface area contributed by atoms with E-state index >= 15 is 0 Å². The first-order chi connectivity index (χ1) is 11.1. The second kappa shape index (κ2) is 6.84. The predicted molar refractivity (Wildman–Crippen MR) is 87.3 cm³/mol. The summed E-state index contributed by atoms with van der Waals surface area (Å²) in [4.78, 5) is 27.8. The van der Waals surface area contributed by atoms with E-state index in [9.17, 15) is 14.7 Å². The van der Waals surface area contributed by atoms with Crippen molar-refractivity contribution in [3.8, 4) is 0 Å². The molecule has 1 fully saturated rings. The molecule has 0 bridgehead atoms. The highest BCUT2D eigenvalue weighted by Crippen LogP contribution is 2.23. The molecule has 1 aliphatic heterocycles. The van der Waals surface area contributed by atoms with E-state index in [1.165, 1.54) is 9.80 Å². The van der Waals surface area contributed by atoms with E-state index in [1.807, 2.05) is 19.1 Å². The van der Waals surface area contributed by atoms with Crippen molar-refractivity contribution in [1.29, 1.82) is 0 Å². The van der Waals surface area contributed by atoms with Gasteiger partial charge in [0.2, 0.25) is 5.91 Å². The van der Waals surface area contributed by atoms with Crippen molar-refractivity contribution >= 4 is 12.0 Å². The van der Waals surface area contributed by atoms with Crippen LogP contribution < -0.4 is 0 Å². The van der Waals surface area contributed by atoms with Gasteiger partial charge >= 0.3 is 6.09 Å². The second-order valence-corrected chi connectivity index (χ2v) is 7.24. The molecule has 2 atom stereocenters. The number of likely N-dealkylation sites (tertiary alicyclic amines) is 1. The molecule has 0 aliphatic carbocycles. The number of ether oxygens (including phenoxy) is 1. The molecule has 1 saturated heterocycles. The van der Waals surface area contributed by atoms with Crippen molar-refractivity contribution < 1.29 is 23.8 Å². The fraction of sp³-hybridized carbons (Fsp3) is 0.647. The van der Waals surface area contributed by atoms with Crippen LogP contribution in [0.1, 0.15) is 38.7 Å². The fourth-order valence-corrected chi connectivity index (χ4v) is 2.71. The van der Waals surface area contributed by atoms with Crippen LogP contribution in [0.25, 0.3) is 0 Å². The van der Waals surface area contributed by atoms with E-state index in [4.69, 9.17) is 9.15 Å². The normalized spacial score (nSPS) is 21.0. The van der Waals surface area contributed by atoms with Gasteiger partial charge in [0.25, 0.3) is 0 Å². The van der Waals surface area contributed by atoms with E-state index < -0.39 is 23.8 Å². The molecule has 1 aromatic heterocycles. The number of nitrogens with zero attached hydrogens (tertiary/aromatic N) is 2. The number of carbonyl (C=O) groups is 2. The standard InChI is InChI=1S/C17H26N2O5/c1-11-6-7-13(23-11)10-18(5)15(21)14-8-12(20)9-19(14)16(22)24-17(2,3)4/h6-7,12,14,20H,8-10H2,1-5H3/t12-,14+/m1/s1. The summed E-state index contributed by atoms with van der Waals surface area (Å²) >= 11 is 0. The number of rotatable bonds is 3. The Morgan fingerprint density at radius 2 is 2.08 bits per heavy atom. The molecule has 1 aliphatic rings. The van der Waals surface area contributed by atoms with Crippen LogP contribution in [-0.4, -0.2) is 58.2 Å². The van der Waals surface area contributed by atoms with Crippen molar-refractivity contribution in [3.63, 3.8) is 0 Å². The van der Waals surface area contributed by atoms with Crippen molar-refractivity contribution in [2.45, 2.75) is 58.4 Å². The van der Waals surface area contributed by atoms with E-state index in [0.29, 0.717) is 12.3 Å². The molecule has 2 heterocycles. The summed E-state index contributed by atoms with van der Waals surface area (Å²) in [6.07, 6.45) is -1.11. The number of aliphatic hydroxyl groups is 1. The molecule has 1 aromatic rings. The van der Waals surface area contributed by atoms with Gasteiger partial charge < -0.3 is 19.2 Å². The van der Waals surface area contributed by atoms with Crippen LogP contribution in [0.15, 0.2) is 16.5 Å². The fourth-order valence-electron chi connectivity index (χ4n) is 2.71. The van der Waals surface area contributed by atoms with Gasteiger partial charge in [0.15, 0.2) is 0 Å². The van der Waals surface area contributed by atoms with Gasteiger partial charge in [-0.25, -0.2) is 4.79 Å². The first kappa shape index (κ1) is 18.3. The topological polar surface area (TPSA) is 83.2 Å². The highest BCUT2D eigenvalue weighted by atomic mass is 16.6. The Morgan fingerprint density at radius 3 is 2.62 bits per heavy atom. The Morgan fingerprint density at radius 1 is 1.42 bits per heavy atom. The second-order valence-electron chi connectivity index (χ2n) is 7.24. The number of likely N-dealkylation sites (N-methyl/N-ethyl adjacent to an activating group) is 1. The van der Waals surface area contributed by atoms with Gasteiger partial charge in [0, 0.05) is 13.5 Å². The third kappa shape index (κ3) is 4.50. The first-order valence-electron chi connectivity index (χ1n) is 8.05. The third-order valence-corrected chi connectivity index (χ3v) is 3.76. The van der Waals surface area contributed by atoms with Crippen molar-refractivity contribution in [1.82, 2.24) is 9.80 Å². The lowest BCUT2D eigenvalue weighted by Gasteiger charge is -2.29. The maximum absolute atomic E-state index is 12.7. The number of hydrogen-bond donors (Lipinski definition) is 1. The molecular weight excluding hydrogens is 312 g/mol. The molecule has 1 N–H and O–H groups in total. The lowest BCUT2D eigenvalue weighted by Crippen LogP contribution is -2.47. The predicted octanol–water partition coefficient (Wildman–Crippen LogP) is 1.92. The molecule has 7 heteroatoms. The van der Waals surface area contributed by atoms with E-state index in [0.717, 1.165) is 5.76 Å². The van der Waals surface area contributed by atoms with Crippen LogP contribution in [0.4, 0.5) is 4.79 Å². The molecule has 0 spiro atoms. The van der Waals surface area contributed by atoms with Crippen molar-refractivity contribution in [2.75, 3.05) is 13.6 Å². The lowest BCUT2D eigenvalue weighted by atomic mass is 10.1. The molecule has 0 unspecified atom stereocenters. The summed E-state index contributed by atoms with van der Waals surface area (Å²) in [7, 11) is 1.65. The Balaban J connectivity index is 2.06. The van der Waals surface area contributed by atoms with Gasteiger partial charge in [-0.05, 0) is 39.8 Å². The summed E-state index contributed by atoms with van der Waals surface area (Å²) in [5, 5.41) is 9.90. The zero-order chi connectivity index (χ0) is 18.1. The highest BCUT2D eigenvalue weighted by molar-refractivity contribution is 5.86. The number of amides is 2. The van der Waals surface area contributed by atoms with Crippen LogP contribution in [0.5, 0.6) is 0 Å². The molecule has 0 radical (unpaired) electrons. The minimum absolute atomic E-state index is 0.0963. The van der Waals surface area contributed by atoms with E-state index in [-0.39, 0.29) is 18.9 Å². The highest BCUT2D eigenvalue weighted by Gasteiger charge is 2.42. The van der Waals surface area contributed by atoms with Gasteiger partial charge in [-0.15, -0.1) is 0 Å². The third-order valence-electron chi connectivity index (χ3n) is 3.76. The Bertz CT molecular complexity index is 604. The zero-order valence-electron chi connectivity index (χ0n) is 14.9. The Labute approximate surface area is 142 Å². The molecule has 134 valence electrons. The molecule has 0 aromatic carbocycles. The summed E-state index contributed by atoms with van der Waals surface area (Å²) in [5.41, 5.74) is -0.657. The van der Waals surface area contributed by atoms with Gasteiger partial charge in [-0.2, -0.15) is 0 Å². The largest absolute Gasteiger partial charge is 0.464 e. The number of aliphatic hydroxyl groups excluding tert-OH is 1. The average Bonchev–Trinajstić information content (AvgIpc) is 3.02. The van der Waals surface area contributed by atoms with Crippen LogP contribution >= 0.6 is 0 Å². The molecule has 24 heavy (non-hydrogen) atoms. The monoisotopic (exact) mass is 338 g/mol. The SMILES string of the molecule is Cc1ccc(CN(C)C(=O)[C@@H]2C[C@@H](O)CN2C(=O)OC(C)(C)C)o1.